The Balaban J connectivity index is 1.31. The van der Waals surface area contributed by atoms with Crippen LogP contribution in [0.15, 0.2) is 64.1 Å². The normalized spacial score (nSPS) is 18.9. The zero-order valence-electron chi connectivity index (χ0n) is 22.2. The third kappa shape index (κ3) is 5.32. The number of rotatable bonds is 6. The molecule has 0 spiro atoms. The van der Waals surface area contributed by atoms with Crippen molar-refractivity contribution >= 4 is 43.2 Å². The molecule has 2 aromatic carbocycles. The lowest BCUT2D eigenvalue weighted by Gasteiger charge is -2.38. The highest BCUT2D eigenvalue weighted by Crippen LogP contribution is 2.43. The van der Waals surface area contributed by atoms with E-state index in [1.807, 2.05) is 0 Å². The van der Waals surface area contributed by atoms with Crippen molar-refractivity contribution in [3.05, 3.63) is 81.3 Å². The summed E-state index contributed by atoms with van der Waals surface area (Å²) in [5.74, 6) is -2.36. The Morgan fingerprint density at radius 3 is 2.67 bits per heavy atom. The van der Waals surface area contributed by atoms with E-state index in [9.17, 15) is 22.0 Å². The van der Waals surface area contributed by atoms with Gasteiger partial charge in [-0.05, 0) is 70.4 Å². The molecule has 4 aromatic rings. The molecule has 1 saturated heterocycles. The first kappa shape index (κ1) is 28.8. The number of carbonyl (C=O) groups excluding carboxylic acids is 1. The van der Waals surface area contributed by atoms with E-state index in [2.05, 4.69) is 26.3 Å². The molecular formula is C28H25BrF2N4O5S2. The number of ether oxygens (including phenoxy) is 2. The van der Waals surface area contributed by atoms with Crippen LogP contribution in [0.3, 0.4) is 0 Å². The number of nitrogens with zero attached hydrogens (tertiary/aromatic N) is 3. The molecule has 0 saturated carbocycles. The van der Waals surface area contributed by atoms with E-state index in [0.29, 0.717) is 34.4 Å². The molecule has 0 unspecified atom stereocenters. The van der Waals surface area contributed by atoms with Gasteiger partial charge in [0.1, 0.15) is 12.4 Å². The predicted octanol–water partition coefficient (Wildman–Crippen LogP) is 5.03. The van der Waals surface area contributed by atoms with Crippen LogP contribution in [0, 0.1) is 11.6 Å². The number of methoxy groups -OCH3 is 1. The van der Waals surface area contributed by atoms with Crippen LogP contribution in [0.1, 0.15) is 27.6 Å². The van der Waals surface area contributed by atoms with Crippen molar-refractivity contribution in [2.45, 2.75) is 29.8 Å². The first-order chi connectivity index (χ1) is 20.2. The van der Waals surface area contributed by atoms with Crippen LogP contribution < -0.4 is 14.8 Å². The minimum atomic E-state index is -3.92. The van der Waals surface area contributed by atoms with Crippen LogP contribution in [-0.4, -0.2) is 61.3 Å². The third-order valence-corrected chi connectivity index (χ3v) is 11.0. The average Bonchev–Trinajstić information content (AvgIpc) is 3.52. The molecule has 6 rings (SSSR count). The van der Waals surface area contributed by atoms with Crippen molar-refractivity contribution < 1.29 is 31.5 Å². The molecule has 0 bridgehead atoms. The number of hydrogen-bond donors (Lipinski definition) is 1. The summed E-state index contributed by atoms with van der Waals surface area (Å²) < 4.78 is 70.0. The van der Waals surface area contributed by atoms with Crippen LogP contribution in [0.25, 0.3) is 11.3 Å². The summed E-state index contributed by atoms with van der Waals surface area (Å²) in [4.78, 5) is 14.1. The maximum Gasteiger partial charge on any atom is 0.261 e. The SMILES string of the molecule is COc1ccc(S(=O)(=O)N2CC[C@@H](c3ccc(F)c(F)c3)[C@H](NC(=O)c3cc4c(s3)OCCn3ncc(Br)c3-4)C2)cc1. The quantitative estimate of drug-likeness (QED) is 0.307. The van der Waals surface area contributed by atoms with Gasteiger partial charge in [-0.2, -0.15) is 9.40 Å². The highest BCUT2D eigenvalue weighted by atomic mass is 79.9. The van der Waals surface area contributed by atoms with Crippen molar-refractivity contribution in [1.82, 2.24) is 19.4 Å². The van der Waals surface area contributed by atoms with Gasteiger partial charge in [0.15, 0.2) is 16.7 Å². The summed E-state index contributed by atoms with van der Waals surface area (Å²) in [6.07, 6.45) is 1.97. The molecule has 4 heterocycles. The largest absolute Gasteiger partial charge is 0.497 e. The summed E-state index contributed by atoms with van der Waals surface area (Å²) in [7, 11) is -2.43. The van der Waals surface area contributed by atoms with E-state index in [1.165, 1.54) is 41.0 Å². The number of nitrogens with one attached hydrogen (secondary N) is 1. The average molecular weight is 680 g/mol. The maximum absolute atomic E-state index is 14.2. The number of thiophene rings is 1. The van der Waals surface area contributed by atoms with Crippen LogP contribution in [-0.2, 0) is 16.6 Å². The number of fused-ring (bicyclic) bond motifs is 3. The number of hydrogen-bond acceptors (Lipinski definition) is 7. The Labute approximate surface area is 253 Å². The molecular weight excluding hydrogens is 654 g/mol. The van der Waals surface area contributed by atoms with E-state index in [0.717, 1.165) is 27.9 Å². The summed E-state index contributed by atoms with van der Waals surface area (Å²) in [6.45, 7) is 1.00. The topological polar surface area (TPSA) is 103 Å². The Bertz CT molecular complexity index is 1760. The Kier molecular flexibility index (Phi) is 7.81. The third-order valence-electron chi connectivity index (χ3n) is 7.47. The lowest BCUT2D eigenvalue weighted by Crippen LogP contribution is -2.53. The van der Waals surface area contributed by atoms with Crippen LogP contribution in [0.4, 0.5) is 8.78 Å². The van der Waals surface area contributed by atoms with Crippen molar-refractivity contribution in [2.75, 3.05) is 26.8 Å². The number of amides is 1. The summed E-state index contributed by atoms with van der Waals surface area (Å²) in [5, 5.41) is 7.91. The minimum absolute atomic E-state index is 0.0658. The fourth-order valence-electron chi connectivity index (χ4n) is 5.35. The smallest absolute Gasteiger partial charge is 0.261 e. The Hall–Kier alpha value is -3.33. The van der Waals surface area contributed by atoms with Crippen molar-refractivity contribution in [1.29, 1.82) is 0 Å². The molecule has 14 heteroatoms. The second-order valence-electron chi connectivity index (χ2n) is 9.91. The van der Waals surface area contributed by atoms with Crippen LogP contribution in [0.2, 0.25) is 0 Å². The molecule has 2 aliphatic heterocycles. The molecule has 2 aliphatic rings. The van der Waals surface area contributed by atoms with E-state index in [1.54, 1.807) is 29.1 Å². The molecule has 0 radical (unpaired) electrons. The van der Waals surface area contributed by atoms with Gasteiger partial charge >= 0.3 is 0 Å². The van der Waals surface area contributed by atoms with Gasteiger partial charge in [0.25, 0.3) is 5.91 Å². The van der Waals surface area contributed by atoms with Gasteiger partial charge in [-0.1, -0.05) is 17.4 Å². The van der Waals surface area contributed by atoms with Gasteiger partial charge in [-0.3, -0.25) is 9.48 Å². The molecule has 220 valence electrons. The Morgan fingerprint density at radius 1 is 1.14 bits per heavy atom. The number of carbonyl (C=O) groups is 1. The van der Waals surface area contributed by atoms with Gasteiger partial charge in [0.05, 0.1) is 45.4 Å². The summed E-state index contributed by atoms with van der Waals surface area (Å²) in [6, 6.07) is 10.7. The zero-order valence-corrected chi connectivity index (χ0v) is 25.4. The highest BCUT2D eigenvalue weighted by molar-refractivity contribution is 9.10. The van der Waals surface area contributed by atoms with E-state index >= 15 is 0 Å². The van der Waals surface area contributed by atoms with Gasteiger partial charge in [-0.15, -0.1) is 0 Å². The maximum atomic E-state index is 14.2. The van der Waals surface area contributed by atoms with Crippen LogP contribution in [0.5, 0.6) is 10.8 Å². The van der Waals surface area contributed by atoms with Crippen LogP contribution >= 0.6 is 27.3 Å². The number of halogens is 3. The minimum Gasteiger partial charge on any atom is -0.497 e. The second kappa shape index (κ2) is 11.4. The monoisotopic (exact) mass is 678 g/mol. The molecule has 42 heavy (non-hydrogen) atoms. The first-order valence-corrected chi connectivity index (χ1v) is 16.1. The molecule has 2 atom stereocenters. The predicted molar refractivity (Wildman–Crippen MR) is 155 cm³/mol. The van der Waals surface area contributed by atoms with Gasteiger partial charge in [0, 0.05) is 25.0 Å². The number of piperidine rings is 1. The second-order valence-corrected chi connectivity index (χ2v) is 13.7. The molecule has 1 amide bonds. The van der Waals surface area contributed by atoms with E-state index in [4.69, 9.17) is 9.47 Å². The first-order valence-electron chi connectivity index (χ1n) is 13.0. The van der Waals surface area contributed by atoms with Crippen molar-refractivity contribution in [3.63, 3.8) is 0 Å². The molecule has 1 N–H and O–H groups in total. The van der Waals surface area contributed by atoms with Crippen molar-refractivity contribution in [2.24, 2.45) is 0 Å². The van der Waals surface area contributed by atoms with Crippen molar-refractivity contribution in [3.8, 4) is 22.1 Å². The highest BCUT2D eigenvalue weighted by Gasteiger charge is 2.38. The summed E-state index contributed by atoms with van der Waals surface area (Å²) in [5.41, 5.74) is 1.99. The molecule has 0 aliphatic carbocycles. The zero-order chi connectivity index (χ0) is 29.6. The fourth-order valence-corrected chi connectivity index (χ4v) is 8.27. The lowest BCUT2D eigenvalue weighted by atomic mass is 9.86. The molecule has 9 nitrogen and oxygen atoms in total. The molecule has 1 fully saturated rings. The number of sulfonamides is 1. The lowest BCUT2D eigenvalue weighted by molar-refractivity contribution is 0.0916. The standard InChI is InChI=1S/C28H25BrF2N4O5S2/c1-39-17-3-5-18(6-4-17)42(37,38)34-9-8-19(16-2-7-22(30)23(31)12-16)24(15-34)33-27(36)25-13-20-26-21(29)14-32-35(26)10-11-40-28(20)41-25/h2-7,12-14,19,24H,8-11,15H2,1H3,(H,33,36)/t19-,24+/m0/s1. The van der Waals surface area contributed by atoms with E-state index < -0.39 is 39.5 Å². The van der Waals surface area contributed by atoms with Gasteiger partial charge < -0.3 is 14.8 Å². The van der Waals surface area contributed by atoms with Gasteiger partial charge in [0.2, 0.25) is 10.0 Å². The number of aromatic nitrogens is 2. The van der Waals surface area contributed by atoms with E-state index in [-0.39, 0.29) is 24.4 Å². The molecule has 2 aromatic heterocycles. The number of benzene rings is 2. The fraction of sp³-hybridized carbons (Fsp3) is 0.286. The summed E-state index contributed by atoms with van der Waals surface area (Å²) >= 11 is 4.70. The van der Waals surface area contributed by atoms with Gasteiger partial charge in [-0.25, -0.2) is 17.2 Å². The Morgan fingerprint density at radius 2 is 1.93 bits per heavy atom.